The summed E-state index contributed by atoms with van der Waals surface area (Å²) in [5.74, 6) is -2.50. The van der Waals surface area contributed by atoms with Crippen LogP contribution in [0, 0.1) is 0 Å². The summed E-state index contributed by atoms with van der Waals surface area (Å²) in [4.78, 5) is 27.0. The molecular weight excluding hydrogens is 251 g/mol. The minimum Gasteiger partial charge on any atom is -1.00 e. The van der Waals surface area contributed by atoms with E-state index in [2.05, 4.69) is 0 Å². The number of aliphatic carboxylic acids is 3. The van der Waals surface area contributed by atoms with Gasteiger partial charge in [0.2, 0.25) is 0 Å². The van der Waals surface area contributed by atoms with Crippen LogP contribution in [0.4, 0.5) is 0 Å². The predicted octanol–water partition coefficient (Wildman–Crippen LogP) is -8.22. The number of carboxylic acid groups (broad SMARTS) is 3. The van der Waals surface area contributed by atoms with Crippen molar-refractivity contribution in [2.24, 2.45) is 0 Å². The van der Waals surface area contributed by atoms with Crippen molar-refractivity contribution in [2.45, 2.75) is 20.8 Å². The molecule has 0 radical (unpaired) electrons. The van der Waals surface area contributed by atoms with Crippen LogP contribution in [-0.4, -0.2) is 33.2 Å². The zero-order valence-corrected chi connectivity index (χ0v) is 16.8. The first kappa shape index (κ1) is 43.3. The van der Waals surface area contributed by atoms with Crippen LogP contribution >= 0.6 is 0 Å². The topological polar surface area (TPSA) is 147 Å². The van der Waals surface area contributed by atoms with Crippen LogP contribution in [0.5, 0.6) is 0 Å². The molecule has 6 N–H and O–H groups in total. The van der Waals surface area contributed by atoms with Crippen LogP contribution < -0.4 is 94.8 Å². The Morgan fingerprint density at radius 1 is 0.688 bits per heavy atom. The number of hydrogen-bond acceptors (Lipinski definition) is 4. The predicted molar refractivity (Wildman–Crippen MR) is 48.3 cm³/mol. The maximum atomic E-state index is 9.00. The van der Waals surface area contributed by atoms with Gasteiger partial charge in [-0.15, -0.1) is 0 Å². The number of rotatable bonds is 0. The second-order valence-electron chi connectivity index (χ2n) is 1.56. The largest absolute Gasteiger partial charge is 1.00 e. The van der Waals surface area contributed by atoms with Gasteiger partial charge in [0.25, 0.3) is 17.9 Å². The molecule has 0 fully saturated rings. The van der Waals surface area contributed by atoms with Gasteiger partial charge in [-0.25, -0.2) is 0 Å². The monoisotopic (exact) mass is 269 g/mol. The molecule has 0 aromatic rings. The molecule has 0 unspecified atom stereocenters. The fourth-order valence-corrected chi connectivity index (χ4v) is 0. The van der Waals surface area contributed by atoms with E-state index in [-0.39, 0.29) is 99.1 Å². The van der Waals surface area contributed by atoms with Gasteiger partial charge in [-0.3, -0.25) is 14.4 Å². The van der Waals surface area contributed by atoms with Crippen molar-refractivity contribution in [1.29, 1.82) is 0 Å². The van der Waals surface area contributed by atoms with Crippen LogP contribution in [-0.2, 0) is 14.4 Å². The van der Waals surface area contributed by atoms with Crippen molar-refractivity contribution in [2.75, 3.05) is 0 Å². The quantitative estimate of drug-likeness (QED) is 0.319. The Morgan fingerprint density at radius 3 is 0.688 bits per heavy atom. The molecule has 0 aromatic heterocycles. The molecule has 0 atom stereocenters. The minimum absolute atomic E-state index is 0. The van der Waals surface area contributed by atoms with Gasteiger partial charge in [0.1, 0.15) is 0 Å². The smallest absolute Gasteiger partial charge is 1.00 e. The number of carboxylic acids is 3. The summed E-state index contributed by atoms with van der Waals surface area (Å²) in [5.41, 5.74) is 0. The molecule has 0 aliphatic carbocycles. The van der Waals surface area contributed by atoms with Crippen molar-refractivity contribution < 1.29 is 123 Å². The summed E-state index contributed by atoms with van der Waals surface area (Å²) in [6, 6.07) is 0. The molecule has 0 saturated heterocycles. The average molecular weight is 269 g/mol. The molecule has 10 heteroatoms. The number of carbonyl (C=O) groups is 3. The van der Waals surface area contributed by atoms with Gasteiger partial charge in [-0.05, 0) is 0 Å². The van der Waals surface area contributed by atoms with Crippen molar-refractivity contribution in [3.63, 3.8) is 0 Å². The molecule has 0 aliphatic rings. The third-order valence-electron chi connectivity index (χ3n) is 0. The van der Waals surface area contributed by atoms with Crippen molar-refractivity contribution in [3.8, 4) is 0 Å². The molecule has 0 aliphatic heterocycles. The molecule has 0 spiro atoms. The van der Waals surface area contributed by atoms with Gasteiger partial charge in [0.15, 0.2) is 0 Å². The zero-order valence-electron chi connectivity index (χ0n) is 13.8. The molecule has 86 valence electrons. The van der Waals surface area contributed by atoms with Gasteiger partial charge in [0.05, 0.1) is 0 Å². The Kier molecular flexibility index (Phi) is 97.3. The second-order valence-corrected chi connectivity index (χ2v) is 1.56. The van der Waals surface area contributed by atoms with E-state index in [4.69, 9.17) is 29.7 Å². The van der Waals surface area contributed by atoms with Crippen LogP contribution in [0.2, 0.25) is 0 Å². The summed E-state index contributed by atoms with van der Waals surface area (Å²) in [5, 5.41) is 22.2. The first-order valence-corrected chi connectivity index (χ1v) is 2.78. The van der Waals surface area contributed by atoms with Gasteiger partial charge in [-0.2, -0.15) is 0 Å². The van der Waals surface area contributed by atoms with E-state index in [0.29, 0.717) is 0 Å². The maximum absolute atomic E-state index is 9.00. The molecule has 0 aromatic carbocycles. The van der Waals surface area contributed by atoms with E-state index < -0.39 is 17.9 Å². The van der Waals surface area contributed by atoms with Crippen LogP contribution in [0.1, 0.15) is 25.1 Å². The van der Waals surface area contributed by atoms with E-state index in [0.717, 1.165) is 20.8 Å². The molecule has 0 saturated carbocycles. The third kappa shape index (κ3) is 1690. The molecular formula is C6H18NNa3O6. The molecule has 0 heterocycles. The number of hydrogen-bond donors (Lipinski definition) is 4. The fourth-order valence-electron chi connectivity index (χ4n) is 0. The molecule has 0 rings (SSSR count). The Bertz CT molecular complexity index is 138. The average Bonchev–Trinajstić information content (AvgIpc) is 1.54. The van der Waals surface area contributed by atoms with Gasteiger partial charge in [0, 0.05) is 20.8 Å². The molecule has 7 nitrogen and oxygen atoms in total. The Morgan fingerprint density at radius 2 is 0.688 bits per heavy atom. The van der Waals surface area contributed by atoms with Crippen molar-refractivity contribution in [3.05, 3.63) is 0 Å². The first-order chi connectivity index (χ1) is 5.20. The molecule has 16 heavy (non-hydrogen) atoms. The normalized spacial score (nSPS) is 4.69. The summed E-state index contributed by atoms with van der Waals surface area (Å²) in [6.07, 6.45) is 0. The summed E-state index contributed by atoms with van der Waals surface area (Å²) in [7, 11) is 0. The Hall–Kier alpha value is 1.37. The summed E-state index contributed by atoms with van der Waals surface area (Å²) >= 11 is 0. The van der Waals surface area contributed by atoms with Crippen molar-refractivity contribution >= 4 is 17.9 Å². The van der Waals surface area contributed by atoms with Gasteiger partial charge in [-0.1, -0.05) is 0 Å². The summed E-state index contributed by atoms with van der Waals surface area (Å²) < 4.78 is 0. The molecule has 0 bridgehead atoms. The maximum Gasteiger partial charge on any atom is 1.00 e. The van der Waals surface area contributed by atoms with Crippen molar-refractivity contribution in [1.82, 2.24) is 6.15 Å². The summed E-state index contributed by atoms with van der Waals surface area (Å²) in [6.45, 7) is 3.25. The first-order valence-electron chi connectivity index (χ1n) is 2.78. The minimum atomic E-state index is -0.833. The zero-order chi connectivity index (χ0) is 10.7. The van der Waals surface area contributed by atoms with Gasteiger partial charge < -0.3 is 25.8 Å². The van der Waals surface area contributed by atoms with E-state index in [9.17, 15) is 0 Å². The second kappa shape index (κ2) is 36.0. The van der Waals surface area contributed by atoms with Crippen LogP contribution in [0.3, 0.4) is 0 Å². The van der Waals surface area contributed by atoms with E-state index >= 15 is 0 Å². The van der Waals surface area contributed by atoms with Crippen LogP contribution in [0.25, 0.3) is 0 Å². The SMILES string of the molecule is CC(=O)O.CC(=O)O.CC(=O)O.N.[H-].[H-].[H-].[Na+].[Na+].[Na+]. The van der Waals surface area contributed by atoms with Crippen LogP contribution in [0.15, 0.2) is 0 Å². The fraction of sp³-hybridized carbons (Fsp3) is 0.500. The van der Waals surface area contributed by atoms with E-state index in [1.165, 1.54) is 0 Å². The standard InChI is InChI=1S/3C2H4O2.H3N.3Na.3H/c3*1-2(3)4;;;;;;;/h3*1H3,(H,3,4);1H3;;;;;;/q;;;;3*+1;3*-1. The third-order valence-corrected chi connectivity index (χ3v) is 0. The Balaban J connectivity index is -0.00000000675. The van der Waals surface area contributed by atoms with E-state index in [1.807, 2.05) is 0 Å². The van der Waals surface area contributed by atoms with E-state index in [1.54, 1.807) is 0 Å². The van der Waals surface area contributed by atoms with Gasteiger partial charge >= 0.3 is 88.7 Å². The molecule has 0 amide bonds. The Labute approximate surface area is 165 Å².